The van der Waals surface area contributed by atoms with Crippen molar-refractivity contribution in [3.05, 3.63) is 78.1 Å². The van der Waals surface area contributed by atoms with Gasteiger partial charge in [0.1, 0.15) is 12.1 Å². The molecule has 8 nitrogen and oxygen atoms in total. The van der Waals surface area contributed by atoms with E-state index in [4.69, 9.17) is 0 Å². The highest BCUT2D eigenvalue weighted by atomic mass is 16.2. The molecule has 200 valence electrons. The van der Waals surface area contributed by atoms with Gasteiger partial charge >= 0.3 is 0 Å². The lowest BCUT2D eigenvalue weighted by Gasteiger charge is -2.25. The van der Waals surface area contributed by atoms with Crippen LogP contribution < -0.4 is 16.0 Å². The molecule has 0 radical (unpaired) electrons. The Bertz CT molecular complexity index is 1290. The Kier molecular flexibility index (Phi) is 9.34. The minimum Gasteiger partial charge on any atom is -0.345 e. The molecule has 0 fully saturated rings. The number of rotatable bonds is 10. The number of carbonyl (C=O) groups is 4. The molecule has 3 rings (SSSR count). The fourth-order valence-electron chi connectivity index (χ4n) is 4.15. The maximum atomic E-state index is 13.5. The van der Waals surface area contributed by atoms with Gasteiger partial charge in [-0.15, -0.1) is 0 Å². The van der Waals surface area contributed by atoms with Gasteiger partial charge in [0, 0.05) is 35.3 Å². The first-order valence-corrected chi connectivity index (χ1v) is 12.8. The van der Waals surface area contributed by atoms with Crippen molar-refractivity contribution in [2.45, 2.75) is 65.1 Å². The van der Waals surface area contributed by atoms with E-state index in [-0.39, 0.29) is 12.3 Å². The summed E-state index contributed by atoms with van der Waals surface area (Å²) in [4.78, 5) is 56.8. The number of carbonyl (C=O) groups excluding carboxylic acids is 4. The molecule has 8 heteroatoms. The number of fused-ring (bicyclic) bond motifs is 1. The fourth-order valence-corrected chi connectivity index (χ4v) is 4.15. The summed E-state index contributed by atoms with van der Waals surface area (Å²) < 4.78 is 0. The number of benzene rings is 2. The molecular weight excluding hydrogens is 480 g/mol. The van der Waals surface area contributed by atoms with Gasteiger partial charge in [-0.05, 0) is 56.2 Å². The highest BCUT2D eigenvalue weighted by Crippen LogP contribution is 2.18. The summed E-state index contributed by atoms with van der Waals surface area (Å²) in [6.45, 7) is 9.22. The van der Waals surface area contributed by atoms with Crippen LogP contribution in [0.3, 0.4) is 0 Å². The van der Waals surface area contributed by atoms with Gasteiger partial charge in [0.05, 0.1) is 0 Å². The number of hydrogen-bond donors (Lipinski definition) is 3. The number of nitrogens with zero attached hydrogens (tertiary/aromatic N) is 1. The number of hydrogen-bond acceptors (Lipinski definition) is 5. The maximum absolute atomic E-state index is 13.5. The van der Waals surface area contributed by atoms with Crippen LogP contribution in [-0.2, 0) is 20.8 Å². The Morgan fingerprint density at radius 2 is 1.58 bits per heavy atom. The van der Waals surface area contributed by atoms with E-state index in [9.17, 15) is 19.2 Å². The second-order valence-corrected chi connectivity index (χ2v) is 10.9. The molecule has 3 N–H and O–H groups in total. The average Bonchev–Trinajstić information content (AvgIpc) is 2.86. The molecule has 3 amide bonds. The topological polar surface area (TPSA) is 117 Å². The summed E-state index contributed by atoms with van der Waals surface area (Å²) in [6, 6.07) is 14.2. The van der Waals surface area contributed by atoms with Crippen LogP contribution in [0.25, 0.3) is 10.8 Å². The third kappa shape index (κ3) is 7.96. The first-order chi connectivity index (χ1) is 17.9. The highest BCUT2D eigenvalue weighted by Gasteiger charge is 2.32. The molecule has 2 aromatic carbocycles. The predicted octanol–water partition coefficient (Wildman–Crippen LogP) is 3.59. The van der Waals surface area contributed by atoms with Crippen LogP contribution in [0.5, 0.6) is 0 Å². The molecule has 0 aliphatic rings. The minimum absolute atomic E-state index is 0.0789. The van der Waals surface area contributed by atoms with Crippen molar-refractivity contribution < 1.29 is 19.2 Å². The third-order valence-electron chi connectivity index (χ3n) is 5.88. The molecule has 0 aliphatic heterocycles. The number of pyridine rings is 1. The van der Waals surface area contributed by atoms with Crippen LogP contribution in [0.15, 0.2) is 67.0 Å². The van der Waals surface area contributed by atoms with Crippen molar-refractivity contribution in [3.8, 4) is 0 Å². The standard InChI is InChI=1S/C30H36N4O4/c1-19(2)16-25(33-27(36)23-13-9-12-21-18-31-15-14-22(21)23)28(37)32-24(17-20-10-7-6-8-11-20)26(35)29(38)34-30(3,4)5/h6-15,18-19,24-25H,16-17H2,1-5H3,(H,32,37)(H,33,36)(H,34,38). The van der Waals surface area contributed by atoms with Gasteiger partial charge in [-0.25, -0.2) is 0 Å². The monoisotopic (exact) mass is 516 g/mol. The summed E-state index contributed by atoms with van der Waals surface area (Å²) in [5.74, 6) is -2.36. The first kappa shape index (κ1) is 28.5. The summed E-state index contributed by atoms with van der Waals surface area (Å²) >= 11 is 0. The summed E-state index contributed by atoms with van der Waals surface area (Å²) in [6.07, 6.45) is 3.78. The molecule has 0 saturated carbocycles. The lowest BCUT2D eigenvalue weighted by molar-refractivity contribution is -0.141. The van der Waals surface area contributed by atoms with Crippen molar-refractivity contribution in [3.63, 3.8) is 0 Å². The number of aromatic nitrogens is 1. The first-order valence-electron chi connectivity index (χ1n) is 12.8. The second-order valence-electron chi connectivity index (χ2n) is 10.9. The SMILES string of the molecule is CC(C)CC(NC(=O)c1cccc2cnccc12)C(=O)NC(Cc1ccccc1)C(=O)C(=O)NC(C)(C)C. The van der Waals surface area contributed by atoms with Crippen molar-refractivity contribution in [2.75, 3.05) is 0 Å². The van der Waals surface area contributed by atoms with Gasteiger partial charge in [-0.3, -0.25) is 24.2 Å². The Labute approximate surface area is 223 Å². The van der Waals surface area contributed by atoms with Gasteiger partial charge in [-0.1, -0.05) is 56.3 Å². The Balaban J connectivity index is 1.84. The van der Waals surface area contributed by atoms with Crippen LogP contribution in [0.2, 0.25) is 0 Å². The van der Waals surface area contributed by atoms with Crippen LogP contribution in [0, 0.1) is 5.92 Å². The minimum atomic E-state index is -1.09. The zero-order valence-corrected chi connectivity index (χ0v) is 22.6. The lowest BCUT2D eigenvalue weighted by Crippen LogP contribution is -2.56. The Morgan fingerprint density at radius 3 is 2.24 bits per heavy atom. The second kappa shape index (κ2) is 12.4. The van der Waals surface area contributed by atoms with E-state index >= 15 is 0 Å². The third-order valence-corrected chi connectivity index (χ3v) is 5.88. The molecule has 2 unspecified atom stereocenters. The quantitative estimate of drug-likeness (QED) is 0.356. The predicted molar refractivity (Wildman–Crippen MR) is 147 cm³/mol. The zero-order chi connectivity index (χ0) is 27.9. The molecule has 0 aliphatic carbocycles. The van der Waals surface area contributed by atoms with E-state index in [1.54, 1.807) is 51.4 Å². The Hall–Kier alpha value is -4.07. The largest absolute Gasteiger partial charge is 0.345 e. The molecule has 2 atom stereocenters. The van der Waals surface area contributed by atoms with E-state index in [0.29, 0.717) is 12.0 Å². The maximum Gasteiger partial charge on any atom is 0.290 e. The van der Waals surface area contributed by atoms with Gasteiger partial charge < -0.3 is 16.0 Å². The lowest BCUT2D eigenvalue weighted by atomic mass is 9.98. The molecule has 38 heavy (non-hydrogen) atoms. The van der Waals surface area contributed by atoms with E-state index in [0.717, 1.165) is 16.3 Å². The molecule has 0 spiro atoms. The molecular formula is C30H36N4O4. The summed E-state index contributed by atoms with van der Waals surface area (Å²) in [5.41, 5.74) is 0.604. The molecule has 1 aromatic heterocycles. The smallest absolute Gasteiger partial charge is 0.290 e. The van der Waals surface area contributed by atoms with Gasteiger partial charge in [-0.2, -0.15) is 0 Å². The summed E-state index contributed by atoms with van der Waals surface area (Å²) in [5, 5.41) is 9.81. The molecule has 0 bridgehead atoms. The van der Waals surface area contributed by atoms with Crippen LogP contribution in [-0.4, -0.2) is 46.1 Å². The van der Waals surface area contributed by atoms with Crippen molar-refractivity contribution in [1.29, 1.82) is 0 Å². The molecule has 3 aromatic rings. The highest BCUT2D eigenvalue weighted by molar-refractivity contribution is 6.38. The average molecular weight is 517 g/mol. The van der Waals surface area contributed by atoms with Crippen LogP contribution in [0.1, 0.15) is 57.0 Å². The van der Waals surface area contributed by atoms with Gasteiger partial charge in [0.25, 0.3) is 11.8 Å². The summed E-state index contributed by atoms with van der Waals surface area (Å²) in [7, 11) is 0. The number of Topliss-reactive ketones (excluding diaryl/α,β-unsaturated/α-hetero) is 1. The zero-order valence-electron chi connectivity index (χ0n) is 22.6. The van der Waals surface area contributed by atoms with E-state index in [1.165, 1.54) is 0 Å². The molecule has 0 saturated heterocycles. The number of amides is 3. The van der Waals surface area contributed by atoms with Crippen molar-refractivity contribution in [2.24, 2.45) is 5.92 Å². The van der Waals surface area contributed by atoms with Crippen LogP contribution in [0.4, 0.5) is 0 Å². The van der Waals surface area contributed by atoms with E-state index in [2.05, 4.69) is 20.9 Å². The Morgan fingerprint density at radius 1 is 0.868 bits per heavy atom. The number of nitrogens with one attached hydrogen (secondary N) is 3. The fraction of sp³-hybridized carbons (Fsp3) is 0.367. The normalized spacial score (nSPS) is 13.0. The van der Waals surface area contributed by atoms with Gasteiger partial charge in [0.2, 0.25) is 11.7 Å². The van der Waals surface area contributed by atoms with Gasteiger partial charge in [0.15, 0.2) is 0 Å². The van der Waals surface area contributed by atoms with Crippen LogP contribution >= 0.6 is 0 Å². The number of ketones is 1. The van der Waals surface area contributed by atoms with Crippen molar-refractivity contribution >= 4 is 34.3 Å². The van der Waals surface area contributed by atoms with E-state index in [1.807, 2.05) is 50.2 Å². The van der Waals surface area contributed by atoms with Crippen molar-refractivity contribution in [1.82, 2.24) is 20.9 Å². The van der Waals surface area contributed by atoms with E-state index < -0.39 is 41.1 Å². The molecule has 1 heterocycles.